The number of halogens is 2. The number of hydrogen-bond acceptors (Lipinski definition) is 5. The van der Waals surface area contributed by atoms with Crippen molar-refractivity contribution in [1.82, 2.24) is 20.0 Å². The number of β-amino-alcohol motifs (C(OH)–C–C–N with tert-alkyl or cyclic N) is 1. The minimum absolute atomic E-state index is 0.0923. The molecule has 0 bridgehead atoms. The van der Waals surface area contributed by atoms with E-state index in [1.54, 1.807) is 37.3 Å². The minimum Gasteiger partial charge on any atom is -0.394 e. The first-order valence-corrected chi connectivity index (χ1v) is 11.4. The summed E-state index contributed by atoms with van der Waals surface area (Å²) < 4.78 is 26.8. The first-order valence-electron chi connectivity index (χ1n) is 11.4. The van der Waals surface area contributed by atoms with Crippen LogP contribution in [-0.2, 0) is 16.1 Å². The maximum atomic E-state index is 13.0. The number of alkyl halides is 2. The molecule has 1 saturated heterocycles. The van der Waals surface area contributed by atoms with Crippen LogP contribution in [0.5, 0.6) is 0 Å². The lowest BCUT2D eigenvalue weighted by Crippen LogP contribution is -2.49. The second-order valence-electron chi connectivity index (χ2n) is 9.08. The van der Waals surface area contributed by atoms with Gasteiger partial charge in [0.25, 0.3) is 6.43 Å². The van der Waals surface area contributed by atoms with Gasteiger partial charge in [0.2, 0.25) is 11.8 Å². The topological polar surface area (TPSA) is 108 Å². The van der Waals surface area contributed by atoms with Crippen molar-refractivity contribution in [3.8, 4) is 11.3 Å². The standard InChI is InChI=1S/C24H32F2N4O4/c1-14(2)15(3)24(34)29-11-18(32)10-21(29)23(33)28-19(13-31)16-4-6-17(7-5-16)20-8-9-27-30(20)12-22(25)26/h4-9,14-15,18-19,21-22,31-32H,10-13H2,1-3H3,(H,28,33). The van der Waals surface area contributed by atoms with Crippen LogP contribution >= 0.6 is 0 Å². The van der Waals surface area contributed by atoms with Crippen LogP contribution in [0.1, 0.15) is 38.8 Å². The molecule has 0 spiro atoms. The third-order valence-electron chi connectivity index (χ3n) is 6.39. The van der Waals surface area contributed by atoms with Crippen molar-refractivity contribution < 1.29 is 28.6 Å². The third kappa shape index (κ3) is 5.79. The van der Waals surface area contributed by atoms with Crippen LogP contribution in [0, 0.1) is 11.8 Å². The first-order chi connectivity index (χ1) is 16.1. The van der Waals surface area contributed by atoms with Gasteiger partial charge in [-0.2, -0.15) is 5.10 Å². The number of aromatic nitrogens is 2. The summed E-state index contributed by atoms with van der Waals surface area (Å²) in [5, 5.41) is 26.7. The van der Waals surface area contributed by atoms with Crippen LogP contribution in [0.2, 0.25) is 0 Å². The fourth-order valence-electron chi connectivity index (χ4n) is 4.10. The molecule has 1 aromatic heterocycles. The highest BCUT2D eigenvalue weighted by molar-refractivity contribution is 5.89. The minimum atomic E-state index is -2.53. The normalized spacial score (nSPS) is 20.1. The van der Waals surface area contributed by atoms with Crippen molar-refractivity contribution in [2.45, 2.75) is 58.3 Å². The Morgan fingerprint density at radius 1 is 1.18 bits per heavy atom. The van der Waals surface area contributed by atoms with Gasteiger partial charge in [-0.15, -0.1) is 0 Å². The number of likely N-dealkylation sites (tertiary alicyclic amines) is 1. The Kier molecular flexibility index (Phi) is 8.37. The van der Waals surface area contributed by atoms with Gasteiger partial charge in [0.05, 0.1) is 24.4 Å². The highest BCUT2D eigenvalue weighted by atomic mass is 19.3. The molecule has 1 aromatic carbocycles. The van der Waals surface area contributed by atoms with Crippen molar-refractivity contribution in [1.29, 1.82) is 0 Å². The summed E-state index contributed by atoms with van der Waals surface area (Å²) in [6.07, 6.45) is -1.74. The maximum Gasteiger partial charge on any atom is 0.257 e. The predicted molar refractivity (Wildman–Crippen MR) is 122 cm³/mol. The fraction of sp³-hybridized carbons (Fsp3) is 0.542. The molecule has 2 amide bonds. The van der Waals surface area contributed by atoms with Gasteiger partial charge in [0.1, 0.15) is 12.6 Å². The van der Waals surface area contributed by atoms with E-state index in [4.69, 9.17) is 0 Å². The molecule has 34 heavy (non-hydrogen) atoms. The molecule has 0 radical (unpaired) electrons. The molecule has 1 aliphatic rings. The zero-order valence-electron chi connectivity index (χ0n) is 19.6. The number of carbonyl (C=O) groups is 2. The summed E-state index contributed by atoms with van der Waals surface area (Å²) in [5.74, 6) is -0.828. The highest BCUT2D eigenvalue weighted by Gasteiger charge is 2.41. The van der Waals surface area contributed by atoms with Crippen LogP contribution < -0.4 is 5.32 Å². The summed E-state index contributed by atoms with van der Waals surface area (Å²) in [6, 6.07) is 6.90. The molecule has 4 unspecified atom stereocenters. The van der Waals surface area contributed by atoms with Gasteiger partial charge in [-0.3, -0.25) is 14.3 Å². The van der Waals surface area contributed by atoms with E-state index in [0.29, 0.717) is 16.8 Å². The van der Waals surface area contributed by atoms with Crippen LogP contribution in [0.3, 0.4) is 0 Å². The monoisotopic (exact) mass is 478 g/mol. The van der Waals surface area contributed by atoms with Crippen molar-refractivity contribution >= 4 is 11.8 Å². The first kappa shape index (κ1) is 25.8. The number of nitrogens with zero attached hydrogens (tertiary/aromatic N) is 3. The van der Waals surface area contributed by atoms with E-state index < -0.39 is 37.1 Å². The van der Waals surface area contributed by atoms with E-state index in [2.05, 4.69) is 10.4 Å². The average molecular weight is 479 g/mol. The van der Waals surface area contributed by atoms with Crippen LogP contribution in [0.15, 0.2) is 36.5 Å². The van der Waals surface area contributed by atoms with Crippen LogP contribution in [-0.4, -0.2) is 68.4 Å². The Balaban J connectivity index is 1.72. The SMILES string of the molecule is CC(C)C(C)C(=O)N1CC(O)CC1C(=O)NC(CO)c1ccc(-c2ccnn2CC(F)F)cc1. The van der Waals surface area contributed by atoms with Gasteiger partial charge >= 0.3 is 0 Å². The van der Waals surface area contributed by atoms with E-state index in [0.717, 1.165) is 0 Å². The quantitative estimate of drug-likeness (QED) is 0.512. The Bertz CT molecular complexity index is 980. The largest absolute Gasteiger partial charge is 0.394 e. The van der Waals surface area contributed by atoms with E-state index in [9.17, 15) is 28.6 Å². The molecule has 1 aliphatic heterocycles. The Hall–Kier alpha value is -2.85. The lowest BCUT2D eigenvalue weighted by Gasteiger charge is -2.29. The molecular formula is C24H32F2N4O4. The number of aliphatic hydroxyl groups excluding tert-OH is 2. The summed E-state index contributed by atoms with van der Waals surface area (Å²) in [5.41, 5.74) is 1.82. The Morgan fingerprint density at radius 3 is 2.44 bits per heavy atom. The van der Waals surface area contributed by atoms with E-state index in [1.165, 1.54) is 15.8 Å². The molecule has 2 aromatic rings. The van der Waals surface area contributed by atoms with Gasteiger partial charge < -0.3 is 20.4 Å². The van der Waals surface area contributed by atoms with Crippen LogP contribution in [0.4, 0.5) is 8.78 Å². The fourth-order valence-corrected chi connectivity index (χ4v) is 4.10. The predicted octanol–water partition coefficient (Wildman–Crippen LogP) is 2.22. The highest BCUT2D eigenvalue weighted by Crippen LogP contribution is 2.26. The van der Waals surface area contributed by atoms with E-state index in [1.807, 2.05) is 13.8 Å². The number of aliphatic hydroxyl groups is 2. The van der Waals surface area contributed by atoms with Crippen LogP contribution in [0.25, 0.3) is 11.3 Å². The summed E-state index contributed by atoms with van der Waals surface area (Å²) in [6.45, 7) is 4.86. The molecule has 0 aliphatic carbocycles. The van der Waals surface area contributed by atoms with Crippen molar-refractivity contribution in [3.63, 3.8) is 0 Å². The smallest absolute Gasteiger partial charge is 0.257 e. The number of nitrogens with one attached hydrogen (secondary N) is 1. The van der Waals surface area contributed by atoms with E-state index >= 15 is 0 Å². The number of benzene rings is 1. The number of rotatable bonds is 9. The van der Waals surface area contributed by atoms with Gasteiger partial charge in [-0.1, -0.05) is 45.0 Å². The third-order valence-corrected chi connectivity index (χ3v) is 6.39. The van der Waals surface area contributed by atoms with Crippen molar-refractivity contribution in [2.75, 3.05) is 13.2 Å². The molecule has 10 heteroatoms. The van der Waals surface area contributed by atoms with Gasteiger partial charge in [-0.25, -0.2) is 8.78 Å². The Labute approximate surface area is 197 Å². The number of carbonyl (C=O) groups excluding carboxylic acids is 2. The number of hydrogen-bond donors (Lipinski definition) is 3. The van der Waals surface area contributed by atoms with Crippen molar-refractivity contribution in [3.05, 3.63) is 42.1 Å². The molecule has 3 N–H and O–H groups in total. The molecule has 2 heterocycles. The second kappa shape index (κ2) is 11.1. The molecule has 8 nitrogen and oxygen atoms in total. The Morgan fingerprint density at radius 2 is 1.85 bits per heavy atom. The second-order valence-corrected chi connectivity index (χ2v) is 9.08. The summed E-state index contributed by atoms with van der Waals surface area (Å²) >= 11 is 0. The molecule has 186 valence electrons. The maximum absolute atomic E-state index is 13.0. The zero-order valence-corrected chi connectivity index (χ0v) is 19.6. The lowest BCUT2D eigenvalue weighted by atomic mass is 9.96. The molecule has 1 fully saturated rings. The van der Waals surface area contributed by atoms with E-state index in [-0.39, 0.29) is 37.3 Å². The average Bonchev–Trinajstić information content (AvgIpc) is 3.42. The molecular weight excluding hydrogens is 446 g/mol. The molecule has 4 atom stereocenters. The summed E-state index contributed by atoms with van der Waals surface area (Å²) in [4.78, 5) is 27.3. The lowest BCUT2D eigenvalue weighted by molar-refractivity contribution is -0.142. The van der Waals surface area contributed by atoms with Gasteiger partial charge in [0, 0.05) is 25.1 Å². The number of amides is 2. The van der Waals surface area contributed by atoms with Gasteiger partial charge in [0.15, 0.2) is 0 Å². The van der Waals surface area contributed by atoms with Crippen molar-refractivity contribution in [2.24, 2.45) is 11.8 Å². The van der Waals surface area contributed by atoms with Gasteiger partial charge in [-0.05, 0) is 23.1 Å². The zero-order chi connectivity index (χ0) is 25.0. The summed E-state index contributed by atoms with van der Waals surface area (Å²) in [7, 11) is 0. The molecule has 0 saturated carbocycles. The molecule has 3 rings (SSSR count).